The van der Waals surface area contributed by atoms with Crippen molar-refractivity contribution in [3.63, 3.8) is 0 Å². The molecule has 0 radical (unpaired) electrons. The molecule has 2 heterocycles. The topological polar surface area (TPSA) is 28.2 Å². The number of rotatable bonds is 5. The highest BCUT2D eigenvalue weighted by Crippen LogP contribution is 2.25. The molecule has 0 aliphatic carbocycles. The first-order chi connectivity index (χ1) is 10.0. The molecule has 21 heavy (non-hydrogen) atoms. The van der Waals surface area contributed by atoms with Gasteiger partial charge in [0.15, 0.2) is 0 Å². The van der Waals surface area contributed by atoms with Crippen molar-refractivity contribution in [2.75, 3.05) is 24.5 Å². The minimum Gasteiger partial charge on any atom is -0.353 e. The Labute approximate surface area is 129 Å². The van der Waals surface area contributed by atoms with Crippen molar-refractivity contribution in [1.82, 2.24) is 10.3 Å². The lowest BCUT2D eigenvalue weighted by Gasteiger charge is -2.27. The summed E-state index contributed by atoms with van der Waals surface area (Å²) in [5.41, 5.74) is 2.61. The highest BCUT2D eigenvalue weighted by atomic mass is 15.2. The molecule has 0 saturated carbocycles. The van der Waals surface area contributed by atoms with Crippen LogP contribution in [-0.4, -0.2) is 24.6 Å². The minimum absolute atomic E-state index is 0.0845. The number of nitrogens with zero attached hydrogens (tertiary/aromatic N) is 2. The molecule has 1 aliphatic rings. The van der Waals surface area contributed by atoms with Gasteiger partial charge in [-0.2, -0.15) is 0 Å². The molecule has 1 aliphatic heterocycles. The van der Waals surface area contributed by atoms with Crippen molar-refractivity contribution in [1.29, 1.82) is 0 Å². The van der Waals surface area contributed by atoms with E-state index in [0.29, 0.717) is 0 Å². The van der Waals surface area contributed by atoms with Gasteiger partial charge in [0.05, 0.1) is 0 Å². The third-order valence-electron chi connectivity index (χ3n) is 3.78. The summed E-state index contributed by atoms with van der Waals surface area (Å²) in [6.45, 7) is 12.9. The van der Waals surface area contributed by atoms with Crippen LogP contribution in [0.1, 0.15) is 51.8 Å². The van der Waals surface area contributed by atoms with Crippen LogP contribution in [0.5, 0.6) is 0 Å². The lowest BCUT2D eigenvalue weighted by Crippen LogP contribution is -2.29. The number of aromatic nitrogens is 1. The number of anilines is 1. The Morgan fingerprint density at radius 1 is 1.24 bits per heavy atom. The fourth-order valence-corrected chi connectivity index (χ4v) is 2.48. The largest absolute Gasteiger partial charge is 0.353 e. The summed E-state index contributed by atoms with van der Waals surface area (Å²) in [4.78, 5) is 7.29. The van der Waals surface area contributed by atoms with Crippen LogP contribution in [-0.2, 0) is 12.0 Å². The Kier molecular flexibility index (Phi) is 5.40. The zero-order valence-electron chi connectivity index (χ0n) is 13.9. The molecular formula is C18H29N3. The van der Waals surface area contributed by atoms with Gasteiger partial charge in [-0.05, 0) is 37.1 Å². The van der Waals surface area contributed by atoms with Crippen LogP contribution >= 0.6 is 0 Å². The van der Waals surface area contributed by atoms with E-state index in [-0.39, 0.29) is 5.41 Å². The Morgan fingerprint density at radius 2 is 2.05 bits per heavy atom. The Morgan fingerprint density at radius 3 is 2.67 bits per heavy atom. The van der Waals surface area contributed by atoms with Crippen LogP contribution in [0.15, 0.2) is 24.3 Å². The monoisotopic (exact) mass is 287 g/mol. The first-order valence-electron chi connectivity index (χ1n) is 8.13. The SMILES string of the molecule is CCCNCc1cc(N2CC=CCC2)nc(C(C)(C)C)c1. The van der Waals surface area contributed by atoms with Crippen LogP contribution in [0.4, 0.5) is 5.82 Å². The van der Waals surface area contributed by atoms with E-state index >= 15 is 0 Å². The van der Waals surface area contributed by atoms with E-state index in [4.69, 9.17) is 4.98 Å². The zero-order chi connectivity index (χ0) is 15.3. The van der Waals surface area contributed by atoms with E-state index in [1.165, 1.54) is 17.7 Å². The van der Waals surface area contributed by atoms with Gasteiger partial charge in [-0.15, -0.1) is 0 Å². The van der Waals surface area contributed by atoms with E-state index in [2.05, 4.69) is 62.2 Å². The molecule has 0 saturated heterocycles. The lowest BCUT2D eigenvalue weighted by atomic mass is 9.90. The predicted molar refractivity (Wildman–Crippen MR) is 90.9 cm³/mol. The lowest BCUT2D eigenvalue weighted by molar-refractivity contribution is 0.565. The van der Waals surface area contributed by atoms with E-state index in [1.54, 1.807) is 0 Å². The predicted octanol–water partition coefficient (Wildman–Crippen LogP) is 3.65. The molecule has 0 aromatic carbocycles. The molecule has 0 spiro atoms. The maximum Gasteiger partial charge on any atom is 0.129 e. The normalized spacial score (nSPS) is 15.5. The summed E-state index contributed by atoms with van der Waals surface area (Å²) in [6.07, 6.45) is 6.78. The summed E-state index contributed by atoms with van der Waals surface area (Å²) in [5, 5.41) is 3.50. The summed E-state index contributed by atoms with van der Waals surface area (Å²) >= 11 is 0. The van der Waals surface area contributed by atoms with E-state index in [1.807, 2.05) is 0 Å². The second kappa shape index (κ2) is 7.08. The van der Waals surface area contributed by atoms with Gasteiger partial charge in [0.25, 0.3) is 0 Å². The number of nitrogens with one attached hydrogen (secondary N) is 1. The average Bonchev–Trinajstić information content (AvgIpc) is 2.47. The van der Waals surface area contributed by atoms with Crippen LogP contribution in [0.2, 0.25) is 0 Å². The third kappa shape index (κ3) is 4.57. The first-order valence-corrected chi connectivity index (χ1v) is 8.13. The minimum atomic E-state index is 0.0845. The van der Waals surface area contributed by atoms with Gasteiger partial charge in [0.1, 0.15) is 5.82 Å². The molecule has 1 aromatic heterocycles. The van der Waals surface area contributed by atoms with E-state index < -0.39 is 0 Å². The van der Waals surface area contributed by atoms with Gasteiger partial charge in [-0.1, -0.05) is 39.8 Å². The first kappa shape index (κ1) is 16.0. The molecule has 0 unspecified atom stereocenters. The highest BCUT2D eigenvalue weighted by molar-refractivity contribution is 5.45. The molecule has 1 aromatic rings. The molecule has 0 bridgehead atoms. The van der Waals surface area contributed by atoms with E-state index in [9.17, 15) is 0 Å². The van der Waals surface area contributed by atoms with Gasteiger partial charge in [0.2, 0.25) is 0 Å². The van der Waals surface area contributed by atoms with Crippen molar-refractivity contribution in [2.45, 2.75) is 52.5 Å². The molecule has 3 heteroatoms. The second-order valence-corrected chi connectivity index (χ2v) is 6.85. The van der Waals surface area contributed by atoms with Crippen LogP contribution in [0.25, 0.3) is 0 Å². The Balaban J connectivity index is 2.25. The average molecular weight is 287 g/mol. The summed E-state index contributed by atoms with van der Waals surface area (Å²) in [6, 6.07) is 4.50. The third-order valence-corrected chi connectivity index (χ3v) is 3.78. The van der Waals surface area contributed by atoms with Gasteiger partial charge in [-0.3, -0.25) is 0 Å². The van der Waals surface area contributed by atoms with Gasteiger partial charge < -0.3 is 10.2 Å². The van der Waals surface area contributed by atoms with Crippen LogP contribution in [0.3, 0.4) is 0 Å². The maximum absolute atomic E-state index is 4.92. The van der Waals surface area contributed by atoms with Crippen molar-refractivity contribution in [3.05, 3.63) is 35.5 Å². The Bertz CT molecular complexity index is 486. The van der Waals surface area contributed by atoms with Gasteiger partial charge >= 0.3 is 0 Å². The summed E-state index contributed by atoms with van der Waals surface area (Å²) < 4.78 is 0. The maximum atomic E-state index is 4.92. The molecule has 2 rings (SSSR count). The van der Waals surface area contributed by atoms with Gasteiger partial charge in [0, 0.05) is 30.7 Å². The fourth-order valence-electron chi connectivity index (χ4n) is 2.48. The quantitative estimate of drug-likeness (QED) is 0.662. The Hall–Kier alpha value is -1.35. The molecule has 1 N–H and O–H groups in total. The van der Waals surface area contributed by atoms with Crippen LogP contribution < -0.4 is 10.2 Å². The number of hydrogen-bond acceptors (Lipinski definition) is 3. The summed E-state index contributed by atoms with van der Waals surface area (Å²) in [7, 11) is 0. The standard InChI is InChI=1S/C18H29N3/c1-5-9-19-14-15-12-16(18(2,3)4)20-17(13-15)21-10-7-6-8-11-21/h6-7,12-13,19H,5,8-11,14H2,1-4H3. The van der Waals surface area contributed by atoms with E-state index in [0.717, 1.165) is 38.4 Å². The van der Waals surface area contributed by atoms with Crippen molar-refractivity contribution in [2.24, 2.45) is 0 Å². The highest BCUT2D eigenvalue weighted by Gasteiger charge is 2.19. The van der Waals surface area contributed by atoms with Crippen molar-refractivity contribution < 1.29 is 0 Å². The molecule has 0 atom stereocenters. The molecular weight excluding hydrogens is 258 g/mol. The fraction of sp³-hybridized carbons (Fsp3) is 0.611. The molecule has 3 nitrogen and oxygen atoms in total. The number of pyridine rings is 1. The smallest absolute Gasteiger partial charge is 0.129 e. The summed E-state index contributed by atoms with van der Waals surface area (Å²) in [5.74, 6) is 1.13. The molecule has 0 amide bonds. The molecule has 116 valence electrons. The zero-order valence-corrected chi connectivity index (χ0v) is 13.9. The second-order valence-electron chi connectivity index (χ2n) is 6.85. The van der Waals surface area contributed by atoms with Crippen molar-refractivity contribution in [3.8, 4) is 0 Å². The van der Waals surface area contributed by atoms with Crippen LogP contribution in [0, 0.1) is 0 Å². The van der Waals surface area contributed by atoms with Gasteiger partial charge in [-0.25, -0.2) is 4.98 Å². The van der Waals surface area contributed by atoms with Crippen molar-refractivity contribution >= 4 is 5.82 Å². The molecule has 0 fully saturated rings. The number of hydrogen-bond donors (Lipinski definition) is 1.